The van der Waals surface area contributed by atoms with Crippen molar-refractivity contribution in [3.05, 3.63) is 24.7 Å². The molecular formula is C9H10N4. The Morgan fingerprint density at radius 3 is 3.23 bits per heavy atom. The van der Waals surface area contributed by atoms with E-state index in [1.54, 1.807) is 10.7 Å². The first-order chi connectivity index (χ1) is 6.42. The highest BCUT2D eigenvalue weighted by molar-refractivity contribution is 5.46. The number of aromatic nitrogens is 3. The van der Waals surface area contributed by atoms with Gasteiger partial charge in [-0.25, -0.2) is 9.50 Å². The minimum Gasteiger partial charge on any atom is -0.380 e. The summed E-state index contributed by atoms with van der Waals surface area (Å²) >= 11 is 0. The SMILES string of the molecule is c1cc2ncc(NC3CC3)cn2n1. The molecule has 66 valence electrons. The van der Waals surface area contributed by atoms with Gasteiger partial charge in [0, 0.05) is 12.1 Å². The molecule has 4 nitrogen and oxygen atoms in total. The summed E-state index contributed by atoms with van der Waals surface area (Å²) in [6.45, 7) is 0. The van der Waals surface area contributed by atoms with E-state index in [0.717, 1.165) is 11.3 Å². The van der Waals surface area contributed by atoms with Crippen LogP contribution in [0.5, 0.6) is 0 Å². The maximum absolute atomic E-state index is 4.26. The van der Waals surface area contributed by atoms with E-state index in [1.165, 1.54) is 12.8 Å². The van der Waals surface area contributed by atoms with Gasteiger partial charge >= 0.3 is 0 Å². The average molecular weight is 174 g/mol. The summed E-state index contributed by atoms with van der Waals surface area (Å²) < 4.78 is 1.78. The smallest absolute Gasteiger partial charge is 0.155 e. The minimum atomic E-state index is 0.662. The van der Waals surface area contributed by atoms with Crippen molar-refractivity contribution < 1.29 is 0 Å². The maximum atomic E-state index is 4.26. The van der Waals surface area contributed by atoms with Crippen molar-refractivity contribution in [2.24, 2.45) is 0 Å². The zero-order valence-electron chi connectivity index (χ0n) is 7.14. The summed E-state index contributed by atoms with van der Waals surface area (Å²) in [5.74, 6) is 0. The standard InChI is InChI=1S/C9H10N4/c1-2-7(1)12-8-5-10-9-3-4-11-13(9)6-8/h3-7,12H,1-2H2. The molecular weight excluding hydrogens is 164 g/mol. The maximum Gasteiger partial charge on any atom is 0.155 e. The number of hydrogen-bond donors (Lipinski definition) is 1. The van der Waals surface area contributed by atoms with E-state index in [0.29, 0.717) is 6.04 Å². The van der Waals surface area contributed by atoms with Crippen LogP contribution in [0.15, 0.2) is 24.7 Å². The van der Waals surface area contributed by atoms with Crippen LogP contribution in [-0.2, 0) is 0 Å². The number of hydrogen-bond acceptors (Lipinski definition) is 3. The van der Waals surface area contributed by atoms with E-state index in [4.69, 9.17) is 0 Å². The van der Waals surface area contributed by atoms with Crippen molar-refractivity contribution in [3.63, 3.8) is 0 Å². The number of nitrogens with one attached hydrogen (secondary N) is 1. The Bertz CT molecular complexity index is 430. The molecule has 0 spiro atoms. The normalized spacial score (nSPS) is 16.3. The van der Waals surface area contributed by atoms with Crippen molar-refractivity contribution >= 4 is 11.3 Å². The van der Waals surface area contributed by atoms with Gasteiger partial charge in [-0.05, 0) is 12.8 Å². The van der Waals surface area contributed by atoms with E-state index in [-0.39, 0.29) is 0 Å². The highest BCUT2D eigenvalue weighted by Gasteiger charge is 2.20. The third-order valence-electron chi connectivity index (χ3n) is 2.19. The summed E-state index contributed by atoms with van der Waals surface area (Å²) in [7, 11) is 0. The molecule has 1 fully saturated rings. The Balaban J connectivity index is 1.99. The number of rotatable bonds is 2. The highest BCUT2D eigenvalue weighted by Crippen LogP contribution is 2.23. The second kappa shape index (κ2) is 2.45. The van der Waals surface area contributed by atoms with Gasteiger partial charge < -0.3 is 5.32 Å². The van der Waals surface area contributed by atoms with Crippen LogP contribution in [0.1, 0.15) is 12.8 Å². The average Bonchev–Trinajstić information content (AvgIpc) is 2.83. The van der Waals surface area contributed by atoms with Crippen molar-refractivity contribution in [2.45, 2.75) is 18.9 Å². The van der Waals surface area contributed by atoms with Crippen LogP contribution in [0.3, 0.4) is 0 Å². The molecule has 2 aromatic rings. The second-order valence-electron chi connectivity index (χ2n) is 3.40. The van der Waals surface area contributed by atoms with Crippen molar-refractivity contribution in [3.8, 4) is 0 Å². The van der Waals surface area contributed by atoms with Crippen LogP contribution >= 0.6 is 0 Å². The van der Waals surface area contributed by atoms with Gasteiger partial charge in [0.15, 0.2) is 5.65 Å². The molecule has 4 heteroatoms. The Hall–Kier alpha value is -1.58. The Morgan fingerprint density at radius 2 is 2.38 bits per heavy atom. The lowest BCUT2D eigenvalue weighted by Crippen LogP contribution is -2.03. The van der Waals surface area contributed by atoms with E-state index >= 15 is 0 Å². The quantitative estimate of drug-likeness (QED) is 0.746. The summed E-state index contributed by atoms with van der Waals surface area (Å²) in [6, 6.07) is 2.55. The van der Waals surface area contributed by atoms with Crippen LogP contribution in [-0.4, -0.2) is 20.6 Å². The molecule has 2 aromatic heterocycles. The topological polar surface area (TPSA) is 42.2 Å². The van der Waals surface area contributed by atoms with Gasteiger partial charge in [0.2, 0.25) is 0 Å². The molecule has 1 aliphatic carbocycles. The Morgan fingerprint density at radius 1 is 1.46 bits per heavy atom. The summed E-state index contributed by atoms with van der Waals surface area (Å²) in [5.41, 5.74) is 1.94. The fourth-order valence-corrected chi connectivity index (χ4v) is 1.35. The number of nitrogens with zero attached hydrogens (tertiary/aromatic N) is 3. The molecule has 0 radical (unpaired) electrons. The van der Waals surface area contributed by atoms with Crippen LogP contribution in [0.4, 0.5) is 5.69 Å². The number of fused-ring (bicyclic) bond motifs is 1. The van der Waals surface area contributed by atoms with E-state index < -0.39 is 0 Å². The molecule has 13 heavy (non-hydrogen) atoms. The lowest BCUT2D eigenvalue weighted by molar-refractivity contribution is 0.935. The summed E-state index contributed by atoms with van der Waals surface area (Å²) in [6.07, 6.45) is 8.13. The summed E-state index contributed by atoms with van der Waals surface area (Å²) in [5, 5.41) is 7.50. The predicted octanol–water partition coefficient (Wildman–Crippen LogP) is 1.30. The molecule has 0 bridgehead atoms. The lowest BCUT2D eigenvalue weighted by Gasteiger charge is -2.02. The lowest BCUT2D eigenvalue weighted by atomic mass is 10.5. The number of anilines is 1. The van der Waals surface area contributed by atoms with Gasteiger partial charge in [-0.15, -0.1) is 0 Å². The zero-order valence-corrected chi connectivity index (χ0v) is 7.14. The monoisotopic (exact) mass is 174 g/mol. The Kier molecular flexibility index (Phi) is 1.30. The first-order valence-electron chi connectivity index (χ1n) is 4.48. The molecule has 1 aliphatic rings. The molecule has 3 rings (SSSR count). The van der Waals surface area contributed by atoms with Crippen molar-refractivity contribution in [1.29, 1.82) is 0 Å². The van der Waals surface area contributed by atoms with Crippen molar-refractivity contribution in [2.75, 3.05) is 5.32 Å². The zero-order chi connectivity index (χ0) is 8.67. The minimum absolute atomic E-state index is 0.662. The second-order valence-corrected chi connectivity index (χ2v) is 3.40. The van der Waals surface area contributed by atoms with Crippen LogP contribution in [0.25, 0.3) is 5.65 Å². The third-order valence-corrected chi connectivity index (χ3v) is 2.19. The Labute approximate surface area is 75.6 Å². The molecule has 0 aliphatic heterocycles. The van der Waals surface area contributed by atoms with E-state index in [2.05, 4.69) is 15.4 Å². The molecule has 0 atom stereocenters. The molecule has 0 amide bonds. The molecule has 1 N–H and O–H groups in total. The molecule has 1 saturated carbocycles. The first kappa shape index (κ1) is 6.88. The van der Waals surface area contributed by atoms with Gasteiger partial charge in [0.25, 0.3) is 0 Å². The van der Waals surface area contributed by atoms with Crippen LogP contribution < -0.4 is 5.32 Å². The van der Waals surface area contributed by atoms with Crippen molar-refractivity contribution in [1.82, 2.24) is 14.6 Å². The molecule has 2 heterocycles. The third kappa shape index (κ3) is 1.24. The predicted molar refractivity (Wildman–Crippen MR) is 49.6 cm³/mol. The van der Waals surface area contributed by atoms with Gasteiger partial charge in [0.05, 0.1) is 24.3 Å². The van der Waals surface area contributed by atoms with Gasteiger partial charge in [0.1, 0.15) is 0 Å². The molecule has 0 saturated heterocycles. The van der Waals surface area contributed by atoms with Gasteiger partial charge in [-0.2, -0.15) is 5.10 Å². The summed E-state index contributed by atoms with van der Waals surface area (Å²) in [4.78, 5) is 4.26. The fraction of sp³-hybridized carbons (Fsp3) is 0.333. The van der Waals surface area contributed by atoms with Crippen LogP contribution in [0, 0.1) is 0 Å². The van der Waals surface area contributed by atoms with Gasteiger partial charge in [-0.3, -0.25) is 0 Å². The first-order valence-corrected chi connectivity index (χ1v) is 4.48. The highest BCUT2D eigenvalue weighted by atomic mass is 15.2. The van der Waals surface area contributed by atoms with Crippen LogP contribution in [0.2, 0.25) is 0 Å². The fourth-order valence-electron chi connectivity index (χ4n) is 1.35. The molecule has 0 unspecified atom stereocenters. The van der Waals surface area contributed by atoms with E-state index in [1.807, 2.05) is 18.5 Å². The largest absolute Gasteiger partial charge is 0.380 e. The van der Waals surface area contributed by atoms with Gasteiger partial charge in [-0.1, -0.05) is 0 Å². The van der Waals surface area contributed by atoms with E-state index in [9.17, 15) is 0 Å². The molecule has 0 aromatic carbocycles.